The lowest BCUT2D eigenvalue weighted by Gasteiger charge is -2.25. The molecule has 0 spiro atoms. The van der Waals surface area contributed by atoms with Gasteiger partial charge in [0.1, 0.15) is 6.04 Å². The van der Waals surface area contributed by atoms with Crippen LogP contribution in [-0.2, 0) is 9.53 Å². The van der Waals surface area contributed by atoms with Gasteiger partial charge in [-0.3, -0.25) is 4.79 Å². The van der Waals surface area contributed by atoms with Crippen molar-refractivity contribution in [2.45, 2.75) is 45.3 Å². The molecular weight excluding hydrogens is 262 g/mol. The summed E-state index contributed by atoms with van der Waals surface area (Å²) in [6.07, 6.45) is 0.886. The Morgan fingerprint density at radius 3 is 2.45 bits per heavy atom. The summed E-state index contributed by atoms with van der Waals surface area (Å²) in [7, 11) is 1.55. The zero-order chi connectivity index (χ0) is 15.8. The van der Waals surface area contributed by atoms with Crippen LogP contribution in [0.4, 0.5) is 4.79 Å². The molecule has 118 valence electrons. The van der Waals surface area contributed by atoms with Crippen LogP contribution in [0, 0.1) is 5.92 Å². The summed E-state index contributed by atoms with van der Waals surface area (Å²) in [6.45, 7) is 5.99. The van der Waals surface area contributed by atoms with Crippen LogP contribution in [-0.4, -0.2) is 48.9 Å². The van der Waals surface area contributed by atoms with E-state index in [1.165, 1.54) is 0 Å². The van der Waals surface area contributed by atoms with Gasteiger partial charge in [-0.1, -0.05) is 13.8 Å². The fourth-order valence-electron chi connectivity index (χ4n) is 1.69. The first-order chi connectivity index (χ1) is 9.18. The molecule has 0 bridgehead atoms. The van der Waals surface area contributed by atoms with Crippen LogP contribution < -0.4 is 16.4 Å². The van der Waals surface area contributed by atoms with E-state index in [1.54, 1.807) is 14.0 Å². The van der Waals surface area contributed by atoms with Crippen molar-refractivity contribution in [3.63, 3.8) is 0 Å². The van der Waals surface area contributed by atoms with Crippen molar-refractivity contribution in [1.82, 2.24) is 10.6 Å². The molecule has 0 aromatic rings. The van der Waals surface area contributed by atoms with Crippen LogP contribution in [0.1, 0.15) is 33.6 Å². The van der Waals surface area contributed by atoms with Gasteiger partial charge in [-0.2, -0.15) is 0 Å². The molecule has 0 saturated carbocycles. The Kier molecular flexibility index (Phi) is 8.17. The van der Waals surface area contributed by atoms with Gasteiger partial charge in [0.2, 0.25) is 5.91 Å². The minimum Gasteiger partial charge on any atom is -0.388 e. The van der Waals surface area contributed by atoms with Crippen molar-refractivity contribution < 1.29 is 19.4 Å². The van der Waals surface area contributed by atoms with Crippen LogP contribution in [0.25, 0.3) is 0 Å². The average molecular weight is 289 g/mol. The van der Waals surface area contributed by atoms with Gasteiger partial charge in [-0.15, -0.1) is 0 Å². The molecule has 0 aliphatic rings. The standard InChI is InChI=1S/C13H27N3O4/c1-9(2)7-10(16-12(14)18)11(17)15-8-13(3,19)5-6-20-4/h9-10,19H,5-8H2,1-4H3,(H,15,17)(H3,14,16,18). The van der Waals surface area contributed by atoms with Gasteiger partial charge in [0.25, 0.3) is 0 Å². The molecule has 2 unspecified atom stereocenters. The van der Waals surface area contributed by atoms with Crippen molar-refractivity contribution in [2.75, 3.05) is 20.3 Å². The van der Waals surface area contributed by atoms with Crippen molar-refractivity contribution in [2.24, 2.45) is 11.7 Å². The largest absolute Gasteiger partial charge is 0.388 e. The van der Waals surface area contributed by atoms with E-state index in [2.05, 4.69) is 10.6 Å². The number of carbonyl (C=O) groups excluding carboxylic acids is 2. The Hall–Kier alpha value is -1.34. The number of aliphatic hydroxyl groups is 1. The Morgan fingerprint density at radius 2 is 2.00 bits per heavy atom. The van der Waals surface area contributed by atoms with E-state index in [4.69, 9.17) is 10.5 Å². The number of carbonyl (C=O) groups is 2. The highest BCUT2D eigenvalue weighted by atomic mass is 16.5. The summed E-state index contributed by atoms with van der Waals surface area (Å²) in [5, 5.41) is 15.1. The average Bonchev–Trinajstić information content (AvgIpc) is 2.31. The highest BCUT2D eigenvalue weighted by Crippen LogP contribution is 2.09. The van der Waals surface area contributed by atoms with Crippen molar-refractivity contribution in [1.29, 1.82) is 0 Å². The topological polar surface area (TPSA) is 114 Å². The molecule has 7 nitrogen and oxygen atoms in total. The minimum absolute atomic E-state index is 0.0875. The van der Waals surface area contributed by atoms with Crippen LogP contribution in [0.2, 0.25) is 0 Å². The number of hydrogen-bond donors (Lipinski definition) is 4. The highest BCUT2D eigenvalue weighted by molar-refractivity contribution is 5.86. The maximum Gasteiger partial charge on any atom is 0.312 e. The lowest BCUT2D eigenvalue weighted by Crippen LogP contribution is -2.52. The molecule has 0 heterocycles. The Morgan fingerprint density at radius 1 is 1.40 bits per heavy atom. The molecule has 7 heteroatoms. The fraction of sp³-hybridized carbons (Fsp3) is 0.846. The zero-order valence-corrected chi connectivity index (χ0v) is 12.7. The first kappa shape index (κ1) is 18.7. The minimum atomic E-state index is -1.05. The van der Waals surface area contributed by atoms with E-state index >= 15 is 0 Å². The summed E-state index contributed by atoms with van der Waals surface area (Å²) in [4.78, 5) is 22.9. The number of amides is 3. The van der Waals surface area contributed by atoms with Gasteiger partial charge in [0.05, 0.1) is 5.60 Å². The fourth-order valence-corrected chi connectivity index (χ4v) is 1.69. The van der Waals surface area contributed by atoms with E-state index in [0.717, 1.165) is 0 Å². The van der Waals surface area contributed by atoms with Gasteiger partial charge >= 0.3 is 6.03 Å². The Bertz CT molecular complexity index is 319. The highest BCUT2D eigenvalue weighted by Gasteiger charge is 2.25. The van der Waals surface area contributed by atoms with Gasteiger partial charge in [0, 0.05) is 26.7 Å². The Labute approximate surface area is 120 Å². The molecule has 0 aliphatic heterocycles. The third kappa shape index (κ3) is 8.71. The molecule has 20 heavy (non-hydrogen) atoms. The van der Waals surface area contributed by atoms with E-state index in [9.17, 15) is 14.7 Å². The number of hydrogen-bond acceptors (Lipinski definition) is 4. The molecule has 5 N–H and O–H groups in total. The van der Waals surface area contributed by atoms with Crippen molar-refractivity contribution in [3.05, 3.63) is 0 Å². The number of primary amides is 1. The van der Waals surface area contributed by atoms with Crippen LogP contribution in [0.5, 0.6) is 0 Å². The summed E-state index contributed by atoms with van der Waals surface area (Å²) < 4.78 is 4.89. The molecule has 3 amide bonds. The van der Waals surface area contributed by atoms with E-state index in [0.29, 0.717) is 19.4 Å². The lowest BCUT2D eigenvalue weighted by molar-refractivity contribution is -0.124. The van der Waals surface area contributed by atoms with Gasteiger partial charge in [-0.05, 0) is 19.3 Å². The number of methoxy groups -OCH3 is 1. The van der Waals surface area contributed by atoms with Crippen LogP contribution >= 0.6 is 0 Å². The van der Waals surface area contributed by atoms with Gasteiger partial charge in [0.15, 0.2) is 0 Å². The quantitative estimate of drug-likeness (QED) is 0.477. The third-order valence-electron chi connectivity index (χ3n) is 2.83. The van der Waals surface area contributed by atoms with Crippen molar-refractivity contribution >= 4 is 11.9 Å². The molecule has 0 saturated heterocycles. The predicted molar refractivity (Wildman–Crippen MR) is 76.1 cm³/mol. The second-order valence-corrected chi connectivity index (χ2v) is 5.65. The number of ether oxygens (including phenoxy) is 1. The maximum absolute atomic E-state index is 12.0. The Balaban J connectivity index is 4.41. The number of urea groups is 1. The molecule has 2 atom stereocenters. The van der Waals surface area contributed by atoms with Crippen molar-refractivity contribution in [3.8, 4) is 0 Å². The second kappa shape index (κ2) is 8.76. The smallest absolute Gasteiger partial charge is 0.312 e. The molecule has 0 fully saturated rings. The first-order valence-corrected chi connectivity index (χ1v) is 6.73. The van der Waals surface area contributed by atoms with Crippen LogP contribution in [0.3, 0.4) is 0 Å². The number of rotatable bonds is 9. The molecule has 0 radical (unpaired) electrons. The lowest BCUT2D eigenvalue weighted by atomic mass is 10.0. The zero-order valence-electron chi connectivity index (χ0n) is 12.7. The number of nitrogens with one attached hydrogen (secondary N) is 2. The maximum atomic E-state index is 12.0. The van der Waals surface area contributed by atoms with Crippen LogP contribution in [0.15, 0.2) is 0 Å². The van der Waals surface area contributed by atoms with E-state index in [-0.39, 0.29) is 18.4 Å². The third-order valence-corrected chi connectivity index (χ3v) is 2.83. The molecule has 0 aromatic carbocycles. The van der Waals surface area contributed by atoms with Gasteiger partial charge in [-0.25, -0.2) is 4.79 Å². The normalized spacial score (nSPS) is 15.5. The summed E-state index contributed by atoms with van der Waals surface area (Å²) >= 11 is 0. The molecule has 0 rings (SSSR count). The first-order valence-electron chi connectivity index (χ1n) is 6.73. The predicted octanol–water partition coefficient (Wildman–Crippen LogP) is -0.0269. The molecule has 0 aromatic heterocycles. The molecular formula is C13H27N3O4. The summed E-state index contributed by atoms with van der Waals surface area (Å²) in [5.41, 5.74) is 4.00. The summed E-state index contributed by atoms with van der Waals surface area (Å²) in [6, 6.07) is -1.43. The number of nitrogens with two attached hydrogens (primary N) is 1. The second-order valence-electron chi connectivity index (χ2n) is 5.65. The SMILES string of the molecule is COCCC(C)(O)CNC(=O)C(CC(C)C)NC(N)=O. The summed E-state index contributed by atoms with van der Waals surface area (Å²) in [5.74, 6) is -0.123. The van der Waals surface area contributed by atoms with E-state index in [1.807, 2.05) is 13.8 Å². The monoisotopic (exact) mass is 289 g/mol. The van der Waals surface area contributed by atoms with E-state index < -0.39 is 17.7 Å². The molecule has 0 aliphatic carbocycles. The van der Waals surface area contributed by atoms with Gasteiger partial charge < -0.3 is 26.2 Å².